The third-order valence-corrected chi connectivity index (χ3v) is 5.40. The predicted molar refractivity (Wildman–Crippen MR) is 94.5 cm³/mol. The van der Waals surface area contributed by atoms with E-state index in [2.05, 4.69) is 15.9 Å². The molecule has 0 spiro atoms. The van der Waals surface area contributed by atoms with E-state index >= 15 is 0 Å². The number of benzene rings is 2. The lowest BCUT2D eigenvalue weighted by Gasteiger charge is -2.07. The minimum atomic E-state index is -3.91. The van der Waals surface area contributed by atoms with Gasteiger partial charge in [-0.2, -0.15) is 5.26 Å². The molecular weight excluding hydrogens is 394 g/mol. The van der Waals surface area contributed by atoms with Gasteiger partial charge in [0.1, 0.15) is 22.5 Å². The second-order valence-corrected chi connectivity index (χ2v) is 7.56. The van der Waals surface area contributed by atoms with Gasteiger partial charge in [-0.05, 0) is 48.0 Å². The van der Waals surface area contributed by atoms with Gasteiger partial charge in [-0.3, -0.25) is 0 Å². The molecule has 0 aliphatic heterocycles. The van der Waals surface area contributed by atoms with Gasteiger partial charge in [0.25, 0.3) is 0 Å². The molecule has 0 aliphatic rings. The number of allylic oxidation sites excluding steroid dienone is 1. The Morgan fingerprint density at radius 2 is 1.62 bits per heavy atom. The molecule has 124 valence electrons. The van der Waals surface area contributed by atoms with Crippen LogP contribution in [0.2, 0.25) is 0 Å². The Kier molecular flexibility index (Phi) is 5.65. The summed E-state index contributed by atoms with van der Waals surface area (Å²) < 4.78 is 36.3. The SMILES string of the molecule is COc1cc(/C=C(\C#N)S(=O)(=O)c2ccc(Br)cc2)cc(OC)c1. The number of sulfone groups is 1. The average Bonchev–Trinajstić information content (AvgIpc) is 2.59. The maximum Gasteiger partial charge on any atom is 0.216 e. The van der Waals surface area contributed by atoms with E-state index in [4.69, 9.17) is 9.47 Å². The van der Waals surface area contributed by atoms with Gasteiger partial charge in [-0.1, -0.05) is 15.9 Å². The summed E-state index contributed by atoms with van der Waals surface area (Å²) in [6.07, 6.45) is 1.29. The normalized spacial score (nSPS) is 11.7. The molecule has 0 amide bonds. The van der Waals surface area contributed by atoms with Crippen molar-refractivity contribution in [2.75, 3.05) is 14.2 Å². The van der Waals surface area contributed by atoms with Crippen molar-refractivity contribution >= 4 is 31.8 Å². The first-order chi connectivity index (χ1) is 11.4. The molecule has 0 aromatic heterocycles. The number of halogens is 1. The van der Waals surface area contributed by atoms with Crippen LogP contribution in [0.1, 0.15) is 5.56 Å². The maximum atomic E-state index is 12.6. The Morgan fingerprint density at radius 1 is 1.08 bits per heavy atom. The smallest absolute Gasteiger partial charge is 0.216 e. The summed E-state index contributed by atoms with van der Waals surface area (Å²) in [5.74, 6) is 0.998. The van der Waals surface area contributed by atoms with E-state index in [0.29, 0.717) is 17.1 Å². The van der Waals surface area contributed by atoms with Crippen LogP contribution in [0.25, 0.3) is 6.08 Å². The molecule has 0 heterocycles. The molecule has 2 rings (SSSR count). The Hall–Kier alpha value is -2.30. The van der Waals surface area contributed by atoms with E-state index in [9.17, 15) is 13.7 Å². The first-order valence-electron chi connectivity index (χ1n) is 6.76. The van der Waals surface area contributed by atoms with Gasteiger partial charge < -0.3 is 9.47 Å². The summed E-state index contributed by atoms with van der Waals surface area (Å²) in [6, 6.07) is 12.8. The Balaban J connectivity index is 2.53. The maximum absolute atomic E-state index is 12.6. The van der Waals surface area contributed by atoms with E-state index in [1.54, 1.807) is 36.4 Å². The van der Waals surface area contributed by atoms with Crippen molar-refractivity contribution in [1.29, 1.82) is 5.26 Å². The molecule has 24 heavy (non-hydrogen) atoms. The van der Waals surface area contributed by atoms with Gasteiger partial charge in [0, 0.05) is 10.5 Å². The van der Waals surface area contributed by atoms with E-state index in [1.807, 2.05) is 0 Å². The van der Waals surface area contributed by atoms with Crippen LogP contribution in [0.4, 0.5) is 0 Å². The summed E-state index contributed by atoms with van der Waals surface area (Å²) >= 11 is 3.25. The van der Waals surface area contributed by atoms with Gasteiger partial charge in [-0.15, -0.1) is 0 Å². The molecule has 0 saturated carbocycles. The number of methoxy groups -OCH3 is 2. The van der Waals surface area contributed by atoms with Crippen LogP contribution in [0, 0.1) is 11.3 Å². The summed E-state index contributed by atoms with van der Waals surface area (Å²) in [7, 11) is -0.923. The zero-order valence-corrected chi connectivity index (χ0v) is 15.4. The highest BCUT2D eigenvalue weighted by Gasteiger charge is 2.21. The fourth-order valence-electron chi connectivity index (χ4n) is 1.97. The molecule has 0 fully saturated rings. The molecular formula is C17H14BrNO4S. The lowest BCUT2D eigenvalue weighted by Crippen LogP contribution is -2.03. The molecule has 0 N–H and O–H groups in total. The minimum absolute atomic E-state index is 0.0494. The molecule has 2 aromatic carbocycles. The summed E-state index contributed by atoms with van der Waals surface area (Å²) in [5, 5.41) is 9.32. The van der Waals surface area contributed by atoms with Crippen molar-refractivity contribution in [3.05, 3.63) is 57.4 Å². The summed E-state index contributed by atoms with van der Waals surface area (Å²) in [5.41, 5.74) is 0.489. The fourth-order valence-corrected chi connectivity index (χ4v) is 3.40. The van der Waals surface area contributed by atoms with Crippen molar-refractivity contribution in [2.45, 2.75) is 4.90 Å². The lowest BCUT2D eigenvalue weighted by atomic mass is 10.2. The number of hydrogen-bond donors (Lipinski definition) is 0. The largest absolute Gasteiger partial charge is 0.497 e. The minimum Gasteiger partial charge on any atom is -0.497 e. The van der Waals surface area contributed by atoms with Crippen LogP contribution < -0.4 is 9.47 Å². The van der Waals surface area contributed by atoms with Gasteiger partial charge in [-0.25, -0.2) is 8.42 Å². The zero-order valence-electron chi connectivity index (χ0n) is 13.0. The van der Waals surface area contributed by atoms with Gasteiger partial charge >= 0.3 is 0 Å². The monoisotopic (exact) mass is 407 g/mol. The van der Waals surface area contributed by atoms with Crippen LogP contribution in [0.15, 0.2) is 56.7 Å². The average molecular weight is 408 g/mol. The quantitative estimate of drug-likeness (QED) is 0.704. The molecule has 7 heteroatoms. The number of nitrogens with zero attached hydrogens (tertiary/aromatic N) is 1. The van der Waals surface area contributed by atoms with Crippen LogP contribution in [0.3, 0.4) is 0 Å². The third-order valence-electron chi connectivity index (χ3n) is 3.20. The number of ether oxygens (including phenoxy) is 2. The van der Waals surface area contributed by atoms with Gasteiger partial charge in [0.15, 0.2) is 0 Å². The highest BCUT2D eigenvalue weighted by molar-refractivity contribution is 9.10. The standard InChI is InChI=1S/C17H14BrNO4S/c1-22-14-7-12(8-15(10-14)23-2)9-17(11-19)24(20,21)16-5-3-13(18)4-6-16/h3-10H,1-2H3/b17-9+. The second kappa shape index (κ2) is 7.51. The topological polar surface area (TPSA) is 76.4 Å². The summed E-state index contributed by atoms with van der Waals surface area (Å²) in [4.78, 5) is -0.312. The van der Waals surface area contributed by atoms with Crippen LogP contribution in [-0.4, -0.2) is 22.6 Å². The molecule has 0 atom stereocenters. The van der Waals surface area contributed by atoms with Crippen LogP contribution in [-0.2, 0) is 9.84 Å². The van der Waals surface area contributed by atoms with Gasteiger partial charge in [0.05, 0.1) is 19.1 Å². The van der Waals surface area contributed by atoms with Crippen LogP contribution in [0.5, 0.6) is 11.5 Å². The zero-order chi connectivity index (χ0) is 17.7. The van der Waals surface area contributed by atoms with Crippen molar-refractivity contribution in [1.82, 2.24) is 0 Å². The molecule has 5 nitrogen and oxygen atoms in total. The van der Waals surface area contributed by atoms with Crippen molar-refractivity contribution in [3.8, 4) is 17.6 Å². The summed E-state index contributed by atoms with van der Waals surface area (Å²) in [6.45, 7) is 0. The number of hydrogen-bond acceptors (Lipinski definition) is 5. The van der Waals surface area contributed by atoms with Crippen molar-refractivity contribution < 1.29 is 17.9 Å². The number of nitriles is 1. The fraction of sp³-hybridized carbons (Fsp3) is 0.118. The van der Waals surface area contributed by atoms with Crippen molar-refractivity contribution in [3.63, 3.8) is 0 Å². The van der Waals surface area contributed by atoms with E-state index in [1.165, 1.54) is 32.4 Å². The Morgan fingerprint density at radius 3 is 2.08 bits per heavy atom. The van der Waals surface area contributed by atoms with Crippen LogP contribution >= 0.6 is 15.9 Å². The molecule has 0 radical (unpaired) electrons. The molecule has 0 unspecified atom stereocenters. The van der Waals surface area contributed by atoms with Crippen molar-refractivity contribution in [2.24, 2.45) is 0 Å². The molecule has 0 bridgehead atoms. The second-order valence-electron chi connectivity index (χ2n) is 4.72. The number of rotatable bonds is 5. The van der Waals surface area contributed by atoms with E-state index < -0.39 is 9.84 Å². The predicted octanol–water partition coefficient (Wildman–Crippen LogP) is 3.80. The first-order valence-corrected chi connectivity index (χ1v) is 9.04. The molecule has 2 aromatic rings. The first kappa shape index (κ1) is 18.0. The highest BCUT2D eigenvalue weighted by atomic mass is 79.9. The highest BCUT2D eigenvalue weighted by Crippen LogP contribution is 2.27. The third kappa shape index (κ3) is 3.96. The van der Waals surface area contributed by atoms with Gasteiger partial charge in [0.2, 0.25) is 9.84 Å². The van der Waals surface area contributed by atoms with E-state index in [-0.39, 0.29) is 9.80 Å². The molecule has 0 saturated heterocycles. The Labute approximate surface area is 149 Å². The Bertz CT molecular complexity index is 890. The van der Waals surface area contributed by atoms with E-state index in [0.717, 1.165) is 4.47 Å². The lowest BCUT2D eigenvalue weighted by molar-refractivity contribution is 0.394. The molecule has 0 aliphatic carbocycles.